The molecule has 0 aliphatic heterocycles. The zero-order chi connectivity index (χ0) is 10.9. The van der Waals surface area contributed by atoms with Gasteiger partial charge in [0.15, 0.2) is 0 Å². The van der Waals surface area contributed by atoms with Gasteiger partial charge in [-0.3, -0.25) is 0 Å². The number of hydrogen-bond donors (Lipinski definition) is 1. The second-order valence-electron chi connectivity index (χ2n) is 4.35. The van der Waals surface area contributed by atoms with Gasteiger partial charge in [-0.15, -0.1) is 11.3 Å². The minimum atomic E-state index is -0.593. The highest BCUT2D eigenvalue weighted by Gasteiger charge is 2.42. The van der Waals surface area contributed by atoms with Crippen molar-refractivity contribution in [3.05, 3.63) is 21.9 Å². The third-order valence-corrected chi connectivity index (χ3v) is 4.46. The number of aliphatic hydroxyl groups is 1. The van der Waals surface area contributed by atoms with Crippen molar-refractivity contribution in [1.29, 1.82) is 5.26 Å². The van der Waals surface area contributed by atoms with Crippen molar-refractivity contribution in [3.63, 3.8) is 0 Å². The quantitative estimate of drug-likeness (QED) is 0.833. The van der Waals surface area contributed by atoms with Gasteiger partial charge in [0.1, 0.15) is 6.10 Å². The van der Waals surface area contributed by atoms with Gasteiger partial charge < -0.3 is 5.11 Å². The standard InChI is InChI=1S/C12H15NOS/c1-9-4-7-15-10(9)11(14)12(8-13)5-2-3-6-12/h4,7,11,14H,2-3,5-6H2,1H3. The number of nitriles is 1. The van der Waals surface area contributed by atoms with Crippen LogP contribution in [0.25, 0.3) is 0 Å². The highest BCUT2D eigenvalue weighted by atomic mass is 32.1. The summed E-state index contributed by atoms with van der Waals surface area (Å²) in [4.78, 5) is 0.971. The summed E-state index contributed by atoms with van der Waals surface area (Å²) >= 11 is 1.56. The van der Waals surface area contributed by atoms with Gasteiger partial charge in [0.2, 0.25) is 0 Å². The monoisotopic (exact) mass is 221 g/mol. The minimum absolute atomic E-state index is 0.518. The van der Waals surface area contributed by atoms with Crippen LogP contribution in [0.15, 0.2) is 11.4 Å². The van der Waals surface area contributed by atoms with Crippen molar-refractivity contribution in [1.82, 2.24) is 0 Å². The van der Waals surface area contributed by atoms with E-state index in [1.807, 2.05) is 18.4 Å². The molecule has 1 heterocycles. The molecule has 1 aromatic rings. The fourth-order valence-corrected chi connectivity index (χ4v) is 3.39. The van der Waals surface area contributed by atoms with Gasteiger partial charge in [-0.05, 0) is 36.8 Å². The van der Waals surface area contributed by atoms with E-state index in [1.54, 1.807) is 11.3 Å². The first-order chi connectivity index (χ1) is 7.19. The van der Waals surface area contributed by atoms with E-state index in [-0.39, 0.29) is 0 Å². The number of hydrogen-bond acceptors (Lipinski definition) is 3. The Morgan fingerprint density at radius 1 is 1.53 bits per heavy atom. The summed E-state index contributed by atoms with van der Waals surface area (Å²) < 4.78 is 0. The van der Waals surface area contributed by atoms with Crippen molar-refractivity contribution in [2.45, 2.75) is 38.7 Å². The molecule has 1 saturated carbocycles. The van der Waals surface area contributed by atoms with Crippen molar-refractivity contribution in [3.8, 4) is 6.07 Å². The Balaban J connectivity index is 2.31. The second kappa shape index (κ2) is 3.96. The molecule has 0 spiro atoms. The van der Waals surface area contributed by atoms with Crippen LogP contribution in [-0.2, 0) is 0 Å². The summed E-state index contributed by atoms with van der Waals surface area (Å²) in [6.45, 7) is 2.00. The summed E-state index contributed by atoms with van der Waals surface area (Å²) in [6, 6.07) is 4.35. The first-order valence-corrected chi connectivity index (χ1v) is 6.21. The lowest BCUT2D eigenvalue weighted by molar-refractivity contribution is 0.0697. The molecular formula is C12H15NOS. The van der Waals surface area contributed by atoms with Crippen molar-refractivity contribution in [2.24, 2.45) is 5.41 Å². The predicted molar refractivity (Wildman–Crippen MR) is 60.5 cm³/mol. The molecule has 1 N–H and O–H groups in total. The summed E-state index contributed by atoms with van der Waals surface area (Å²) in [5.41, 5.74) is 0.587. The molecule has 0 amide bonds. The third kappa shape index (κ3) is 1.68. The number of rotatable bonds is 2. The number of aliphatic hydroxyl groups excluding tert-OH is 1. The molecule has 1 aliphatic rings. The predicted octanol–water partition coefficient (Wildman–Crippen LogP) is 3.17. The van der Waals surface area contributed by atoms with Crippen LogP contribution >= 0.6 is 11.3 Å². The first-order valence-electron chi connectivity index (χ1n) is 5.33. The molecule has 0 saturated heterocycles. The van der Waals surface area contributed by atoms with Crippen molar-refractivity contribution in [2.75, 3.05) is 0 Å². The van der Waals surface area contributed by atoms with Gasteiger partial charge in [0.25, 0.3) is 0 Å². The zero-order valence-electron chi connectivity index (χ0n) is 8.86. The summed E-state index contributed by atoms with van der Waals surface area (Å²) in [5.74, 6) is 0. The maximum absolute atomic E-state index is 10.3. The molecular weight excluding hydrogens is 206 g/mol. The lowest BCUT2D eigenvalue weighted by Crippen LogP contribution is -2.23. The Bertz CT molecular complexity index is 385. The van der Waals surface area contributed by atoms with Crippen LogP contribution in [0.4, 0.5) is 0 Å². The van der Waals surface area contributed by atoms with Crippen LogP contribution in [0.2, 0.25) is 0 Å². The Labute approximate surface area is 94.2 Å². The van der Waals surface area contributed by atoms with Crippen LogP contribution in [-0.4, -0.2) is 5.11 Å². The van der Waals surface area contributed by atoms with Crippen LogP contribution in [0.1, 0.15) is 42.2 Å². The number of thiophene rings is 1. The SMILES string of the molecule is Cc1ccsc1C(O)C1(C#N)CCCC1. The van der Waals surface area contributed by atoms with Gasteiger partial charge in [0, 0.05) is 4.88 Å². The summed E-state index contributed by atoms with van der Waals surface area (Å²) in [6.07, 6.45) is 3.21. The molecule has 3 heteroatoms. The van der Waals surface area contributed by atoms with E-state index >= 15 is 0 Å². The summed E-state index contributed by atoms with van der Waals surface area (Å²) in [7, 11) is 0. The molecule has 80 valence electrons. The highest BCUT2D eigenvalue weighted by Crippen LogP contribution is 2.48. The Morgan fingerprint density at radius 2 is 2.20 bits per heavy atom. The molecule has 0 bridgehead atoms. The van der Waals surface area contributed by atoms with Crippen LogP contribution < -0.4 is 0 Å². The van der Waals surface area contributed by atoms with Crippen LogP contribution in [0, 0.1) is 23.7 Å². The lowest BCUT2D eigenvalue weighted by atomic mass is 9.80. The molecule has 1 unspecified atom stereocenters. The Kier molecular flexibility index (Phi) is 2.81. The van der Waals surface area contributed by atoms with Gasteiger partial charge in [-0.1, -0.05) is 12.8 Å². The normalized spacial score (nSPS) is 21.1. The van der Waals surface area contributed by atoms with Crippen LogP contribution in [0.5, 0.6) is 0 Å². The Hall–Kier alpha value is -0.850. The first kappa shape index (κ1) is 10.7. The number of nitrogens with zero attached hydrogens (tertiary/aromatic N) is 1. The average molecular weight is 221 g/mol. The van der Waals surface area contributed by atoms with E-state index in [0.717, 1.165) is 36.1 Å². The highest BCUT2D eigenvalue weighted by molar-refractivity contribution is 7.10. The van der Waals surface area contributed by atoms with Gasteiger partial charge in [-0.25, -0.2) is 0 Å². The Morgan fingerprint density at radius 3 is 2.67 bits per heavy atom. The van der Waals surface area contributed by atoms with Crippen LogP contribution in [0.3, 0.4) is 0 Å². The zero-order valence-corrected chi connectivity index (χ0v) is 9.68. The van der Waals surface area contributed by atoms with E-state index in [9.17, 15) is 10.4 Å². The van der Waals surface area contributed by atoms with E-state index in [2.05, 4.69) is 6.07 Å². The lowest BCUT2D eigenvalue weighted by Gasteiger charge is -2.26. The fourth-order valence-electron chi connectivity index (χ4n) is 2.37. The molecule has 0 aromatic carbocycles. The van der Waals surface area contributed by atoms with E-state index < -0.39 is 11.5 Å². The molecule has 1 atom stereocenters. The fraction of sp³-hybridized carbons (Fsp3) is 0.583. The molecule has 0 radical (unpaired) electrons. The second-order valence-corrected chi connectivity index (χ2v) is 5.29. The molecule has 1 aliphatic carbocycles. The smallest absolute Gasteiger partial charge is 0.107 e. The molecule has 15 heavy (non-hydrogen) atoms. The van der Waals surface area contributed by atoms with E-state index in [0.29, 0.717) is 0 Å². The molecule has 1 aromatic heterocycles. The molecule has 2 rings (SSSR count). The van der Waals surface area contributed by atoms with Gasteiger partial charge in [-0.2, -0.15) is 5.26 Å². The van der Waals surface area contributed by atoms with Gasteiger partial charge >= 0.3 is 0 Å². The minimum Gasteiger partial charge on any atom is -0.386 e. The average Bonchev–Trinajstić information content (AvgIpc) is 2.86. The van der Waals surface area contributed by atoms with Crippen molar-refractivity contribution < 1.29 is 5.11 Å². The molecule has 1 fully saturated rings. The van der Waals surface area contributed by atoms with Crippen molar-refractivity contribution >= 4 is 11.3 Å². The third-order valence-electron chi connectivity index (χ3n) is 3.39. The maximum atomic E-state index is 10.3. The molecule has 2 nitrogen and oxygen atoms in total. The number of aryl methyl sites for hydroxylation is 1. The topological polar surface area (TPSA) is 44.0 Å². The van der Waals surface area contributed by atoms with E-state index in [1.165, 1.54) is 0 Å². The summed E-state index contributed by atoms with van der Waals surface area (Å²) in [5, 5.41) is 21.6. The van der Waals surface area contributed by atoms with Gasteiger partial charge in [0.05, 0.1) is 11.5 Å². The van der Waals surface area contributed by atoms with E-state index in [4.69, 9.17) is 0 Å². The largest absolute Gasteiger partial charge is 0.386 e. The maximum Gasteiger partial charge on any atom is 0.107 e.